The third-order valence-electron chi connectivity index (χ3n) is 2.75. The molecule has 1 aromatic carbocycles. The van der Waals surface area contributed by atoms with Gasteiger partial charge in [-0.1, -0.05) is 44.0 Å². The van der Waals surface area contributed by atoms with Crippen molar-refractivity contribution in [2.75, 3.05) is 0 Å². The Morgan fingerprint density at radius 1 is 1.19 bits per heavy atom. The topological polar surface area (TPSA) is 28.7 Å². The Kier molecular flexibility index (Phi) is 3.76. The van der Waals surface area contributed by atoms with E-state index < -0.39 is 0 Å². The molecule has 0 aliphatic heterocycles. The number of nitrogens with zero attached hydrogens (tertiary/aromatic N) is 1. The van der Waals surface area contributed by atoms with Gasteiger partial charge in [-0.3, -0.25) is 0 Å². The van der Waals surface area contributed by atoms with E-state index in [0.717, 1.165) is 11.4 Å². The smallest absolute Gasteiger partial charge is 0.138 e. The minimum atomic E-state index is 0.889. The van der Waals surface area contributed by atoms with Gasteiger partial charge in [0.25, 0.3) is 0 Å². The second-order valence-corrected chi connectivity index (χ2v) is 4.03. The van der Waals surface area contributed by atoms with Crippen LogP contribution in [0.25, 0.3) is 11.4 Å². The summed E-state index contributed by atoms with van der Waals surface area (Å²) in [4.78, 5) is 7.17. The molecule has 0 atom stereocenters. The molecule has 1 N–H and O–H groups in total. The standard InChI is InChI=1S/C14H17N2/c1-2-3-4-5-12-6-8-13(9-7-12)14-15-10-11-16-14/h6-10H,2-5H2,1H3,(H,15,16). The van der Waals surface area contributed by atoms with Gasteiger partial charge in [0.1, 0.15) is 12.0 Å². The summed E-state index contributed by atoms with van der Waals surface area (Å²) in [6.07, 6.45) is 9.56. The van der Waals surface area contributed by atoms with E-state index in [9.17, 15) is 0 Å². The summed E-state index contributed by atoms with van der Waals surface area (Å²) >= 11 is 0. The number of hydrogen-bond donors (Lipinski definition) is 1. The molecule has 0 aliphatic carbocycles. The van der Waals surface area contributed by atoms with E-state index in [4.69, 9.17) is 0 Å². The Morgan fingerprint density at radius 3 is 2.62 bits per heavy atom. The lowest BCUT2D eigenvalue weighted by Crippen LogP contribution is -1.86. The van der Waals surface area contributed by atoms with Gasteiger partial charge in [-0.05, 0) is 18.4 Å². The van der Waals surface area contributed by atoms with Gasteiger partial charge in [0.05, 0.1) is 0 Å². The van der Waals surface area contributed by atoms with Gasteiger partial charge < -0.3 is 4.98 Å². The van der Waals surface area contributed by atoms with Crippen LogP contribution in [0, 0.1) is 6.20 Å². The van der Waals surface area contributed by atoms with Crippen LogP contribution < -0.4 is 0 Å². The van der Waals surface area contributed by atoms with E-state index in [0.29, 0.717) is 0 Å². The van der Waals surface area contributed by atoms with Crippen LogP contribution >= 0.6 is 0 Å². The van der Waals surface area contributed by atoms with Crippen LogP contribution in [0.5, 0.6) is 0 Å². The Balaban J connectivity index is 2.00. The van der Waals surface area contributed by atoms with Gasteiger partial charge in [0.2, 0.25) is 0 Å². The van der Waals surface area contributed by atoms with Crippen molar-refractivity contribution >= 4 is 0 Å². The zero-order chi connectivity index (χ0) is 11.2. The number of imidazole rings is 1. The third-order valence-corrected chi connectivity index (χ3v) is 2.75. The van der Waals surface area contributed by atoms with Crippen LogP contribution in [-0.2, 0) is 6.42 Å². The predicted octanol–water partition coefficient (Wildman–Crippen LogP) is 3.61. The van der Waals surface area contributed by atoms with Crippen LogP contribution in [-0.4, -0.2) is 9.97 Å². The molecule has 2 nitrogen and oxygen atoms in total. The van der Waals surface area contributed by atoms with Crippen LogP contribution in [0.15, 0.2) is 30.5 Å². The first-order chi connectivity index (χ1) is 7.90. The molecule has 2 heteroatoms. The van der Waals surface area contributed by atoms with E-state index in [2.05, 4.69) is 47.4 Å². The monoisotopic (exact) mass is 213 g/mol. The number of aromatic amines is 1. The molecule has 0 aliphatic rings. The molecule has 0 amide bonds. The second kappa shape index (κ2) is 5.50. The average Bonchev–Trinajstić information content (AvgIpc) is 2.84. The maximum Gasteiger partial charge on any atom is 0.138 e. The number of benzene rings is 1. The van der Waals surface area contributed by atoms with Gasteiger partial charge in [0.15, 0.2) is 0 Å². The van der Waals surface area contributed by atoms with Crippen molar-refractivity contribution in [3.8, 4) is 11.4 Å². The third kappa shape index (κ3) is 2.72. The molecule has 83 valence electrons. The Hall–Kier alpha value is -1.57. The van der Waals surface area contributed by atoms with Crippen LogP contribution in [0.1, 0.15) is 31.7 Å². The van der Waals surface area contributed by atoms with Crippen molar-refractivity contribution in [1.82, 2.24) is 9.97 Å². The average molecular weight is 213 g/mol. The summed E-state index contributed by atoms with van der Waals surface area (Å²) in [7, 11) is 0. The van der Waals surface area contributed by atoms with Crippen molar-refractivity contribution in [2.24, 2.45) is 0 Å². The highest BCUT2D eigenvalue weighted by Gasteiger charge is 1.99. The van der Waals surface area contributed by atoms with E-state index in [1.165, 1.54) is 31.2 Å². The first-order valence-corrected chi connectivity index (χ1v) is 5.91. The minimum Gasteiger partial charge on any atom is -0.344 e. The molecule has 0 saturated carbocycles. The van der Waals surface area contributed by atoms with E-state index >= 15 is 0 Å². The molecule has 16 heavy (non-hydrogen) atoms. The van der Waals surface area contributed by atoms with Crippen molar-refractivity contribution in [2.45, 2.75) is 32.6 Å². The fourth-order valence-electron chi connectivity index (χ4n) is 1.79. The molecule has 0 unspecified atom stereocenters. The molecule has 1 heterocycles. The zero-order valence-electron chi connectivity index (χ0n) is 9.66. The molecule has 1 aromatic heterocycles. The van der Waals surface area contributed by atoms with Crippen LogP contribution in [0.2, 0.25) is 0 Å². The molecule has 2 aromatic rings. The molecule has 2 rings (SSSR count). The van der Waals surface area contributed by atoms with Gasteiger partial charge >= 0.3 is 0 Å². The predicted molar refractivity (Wildman–Crippen MR) is 66.1 cm³/mol. The lowest BCUT2D eigenvalue weighted by atomic mass is 10.1. The summed E-state index contributed by atoms with van der Waals surface area (Å²) in [5.74, 6) is 0.889. The van der Waals surface area contributed by atoms with E-state index in [1.807, 2.05) is 0 Å². The normalized spacial score (nSPS) is 10.6. The number of H-pyrrole nitrogens is 1. The molecular weight excluding hydrogens is 196 g/mol. The highest BCUT2D eigenvalue weighted by molar-refractivity contribution is 5.54. The SMILES string of the molecule is CCCCCc1ccc(-c2n[c]c[nH]2)cc1. The van der Waals surface area contributed by atoms with Gasteiger partial charge in [-0.25, -0.2) is 4.98 Å². The van der Waals surface area contributed by atoms with Gasteiger partial charge in [-0.2, -0.15) is 0 Å². The number of unbranched alkanes of at least 4 members (excludes halogenated alkanes) is 2. The summed E-state index contributed by atoms with van der Waals surface area (Å²) in [6.45, 7) is 2.23. The molecule has 0 spiro atoms. The summed E-state index contributed by atoms with van der Waals surface area (Å²) in [5.41, 5.74) is 2.54. The summed E-state index contributed by atoms with van der Waals surface area (Å²) < 4.78 is 0. The highest BCUT2D eigenvalue weighted by atomic mass is 14.9. The first kappa shape index (κ1) is 10.9. The first-order valence-electron chi connectivity index (χ1n) is 5.91. The van der Waals surface area contributed by atoms with Crippen molar-refractivity contribution < 1.29 is 0 Å². The molecule has 0 bridgehead atoms. The van der Waals surface area contributed by atoms with Crippen molar-refractivity contribution in [1.29, 1.82) is 0 Å². The van der Waals surface area contributed by atoms with Crippen molar-refractivity contribution in [3.05, 3.63) is 42.2 Å². The molecule has 1 radical (unpaired) electrons. The van der Waals surface area contributed by atoms with Crippen molar-refractivity contribution in [3.63, 3.8) is 0 Å². The fraction of sp³-hybridized carbons (Fsp3) is 0.357. The lowest BCUT2D eigenvalue weighted by molar-refractivity contribution is 0.717. The quantitative estimate of drug-likeness (QED) is 0.755. The lowest BCUT2D eigenvalue weighted by Gasteiger charge is -2.02. The molecule has 0 fully saturated rings. The number of aromatic nitrogens is 2. The second-order valence-electron chi connectivity index (χ2n) is 4.03. The Morgan fingerprint density at radius 2 is 2.00 bits per heavy atom. The largest absolute Gasteiger partial charge is 0.344 e. The summed E-state index contributed by atoms with van der Waals surface area (Å²) in [6, 6.07) is 8.61. The highest BCUT2D eigenvalue weighted by Crippen LogP contribution is 2.16. The maximum absolute atomic E-state index is 4.11. The van der Waals surface area contributed by atoms with Crippen LogP contribution in [0.4, 0.5) is 0 Å². The van der Waals surface area contributed by atoms with Gasteiger partial charge in [-0.15, -0.1) is 0 Å². The fourth-order valence-corrected chi connectivity index (χ4v) is 1.79. The van der Waals surface area contributed by atoms with E-state index in [1.54, 1.807) is 6.20 Å². The number of hydrogen-bond acceptors (Lipinski definition) is 1. The molecular formula is C14H17N2. The Labute approximate surface area is 96.7 Å². The zero-order valence-corrected chi connectivity index (χ0v) is 9.66. The number of nitrogens with one attached hydrogen (secondary N) is 1. The Bertz CT molecular complexity index is 401. The molecule has 0 saturated heterocycles. The van der Waals surface area contributed by atoms with Crippen LogP contribution in [0.3, 0.4) is 0 Å². The summed E-state index contributed by atoms with van der Waals surface area (Å²) in [5, 5.41) is 0. The number of rotatable bonds is 5. The maximum atomic E-state index is 4.11. The van der Waals surface area contributed by atoms with Gasteiger partial charge in [0, 0.05) is 11.8 Å². The minimum absolute atomic E-state index is 0.889. The number of aryl methyl sites for hydroxylation is 1. The van der Waals surface area contributed by atoms with E-state index in [-0.39, 0.29) is 0 Å².